The second-order valence-corrected chi connectivity index (χ2v) is 8.21. The van der Waals surface area contributed by atoms with Crippen molar-refractivity contribution in [3.8, 4) is 0 Å². The van der Waals surface area contributed by atoms with E-state index in [1.165, 1.54) is 11.1 Å². The highest BCUT2D eigenvalue weighted by Gasteiger charge is 2.36. The van der Waals surface area contributed by atoms with Gasteiger partial charge in [-0.25, -0.2) is 0 Å². The van der Waals surface area contributed by atoms with Crippen molar-refractivity contribution in [1.82, 2.24) is 20.1 Å². The number of hydrogen-bond acceptors (Lipinski definition) is 5. The summed E-state index contributed by atoms with van der Waals surface area (Å²) in [6.07, 6.45) is 1.45. The van der Waals surface area contributed by atoms with Crippen LogP contribution in [0.25, 0.3) is 0 Å². The van der Waals surface area contributed by atoms with Crippen molar-refractivity contribution in [3.05, 3.63) is 47.0 Å². The van der Waals surface area contributed by atoms with Crippen LogP contribution in [0.4, 0.5) is 0 Å². The van der Waals surface area contributed by atoms with Crippen LogP contribution in [0, 0.1) is 5.92 Å². The molecule has 0 radical (unpaired) electrons. The number of nitrogens with zero attached hydrogens (tertiary/aromatic N) is 3. The summed E-state index contributed by atoms with van der Waals surface area (Å²) in [5.74, 6) is 3.03. The van der Waals surface area contributed by atoms with Crippen LogP contribution in [0.15, 0.2) is 24.3 Å². The third-order valence-electron chi connectivity index (χ3n) is 5.92. The lowest BCUT2D eigenvalue weighted by molar-refractivity contribution is 0.0801. The number of benzene rings is 1. The van der Waals surface area contributed by atoms with Gasteiger partial charge >= 0.3 is 0 Å². The molecule has 0 bridgehead atoms. The molecule has 6 nitrogen and oxygen atoms in total. The average Bonchev–Trinajstić information content (AvgIpc) is 3.25. The molecule has 2 aromatic rings. The lowest BCUT2D eigenvalue weighted by Gasteiger charge is -2.18. The molecule has 27 heavy (non-hydrogen) atoms. The first-order valence-corrected chi connectivity index (χ1v) is 10.1. The topological polar surface area (TPSA) is 72.2 Å². The minimum absolute atomic E-state index is 0.260. The Morgan fingerprint density at radius 1 is 1.30 bits per heavy atom. The highest BCUT2D eigenvalue weighted by atomic mass is 16.5. The van der Waals surface area contributed by atoms with Gasteiger partial charge in [0.05, 0.1) is 12.7 Å². The van der Waals surface area contributed by atoms with E-state index in [9.17, 15) is 5.11 Å². The molecule has 2 N–H and O–H groups in total. The largest absolute Gasteiger partial charge is 0.393 e. The SMILES string of the molecule is CC(C)c1cccc(CNC[C@@H]2C[C@@H](c3nnc4n3CCOC4)C[C@@H]2O)c1. The van der Waals surface area contributed by atoms with Crippen molar-refractivity contribution in [2.45, 2.75) is 64.3 Å². The van der Waals surface area contributed by atoms with E-state index in [-0.39, 0.29) is 17.9 Å². The van der Waals surface area contributed by atoms with Crippen LogP contribution >= 0.6 is 0 Å². The number of ether oxygens (including phenoxy) is 1. The normalized spacial score (nSPS) is 25.1. The predicted molar refractivity (Wildman–Crippen MR) is 103 cm³/mol. The van der Waals surface area contributed by atoms with E-state index in [0.717, 1.165) is 44.1 Å². The Morgan fingerprint density at radius 2 is 2.19 bits per heavy atom. The molecule has 2 aliphatic rings. The van der Waals surface area contributed by atoms with Crippen molar-refractivity contribution in [3.63, 3.8) is 0 Å². The maximum Gasteiger partial charge on any atom is 0.159 e. The van der Waals surface area contributed by atoms with E-state index in [2.05, 4.69) is 58.2 Å². The van der Waals surface area contributed by atoms with Crippen molar-refractivity contribution in [2.75, 3.05) is 13.2 Å². The highest BCUT2D eigenvalue weighted by Crippen LogP contribution is 2.38. The van der Waals surface area contributed by atoms with E-state index in [0.29, 0.717) is 19.1 Å². The summed E-state index contributed by atoms with van der Waals surface area (Å²) in [6, 6.07) is 8.75. The summed E-state index contributed by atoms with van der Waals surface area (Å²) in [5.41, 5.74) is 2.67. The molecule has 146 valence electrons. The molecule has 1 aromatic heterocycles. The van der Waals surface area contributed by atoms with Crippen molar-refractivity contribution in [2.24, 2.45) is 5.92 Å². The first-order chi connectivity index (χ1) is 13.1. The molecule has 0 amide bonds. The van der Waals surface area contributed by atoms with Crippen molar-refractivity contribution < 1.29 is 9.84 Å². The van der Waals surface area contributed by atoms with Gasteiger partial charge in [0.2, 0.25) is 0 Å². The lowest BCUT2D eigenvalue weighted by atomic mass is 10.0. The van der Waals surface area contributed by atoms with Gasteiger partial charge in [-0.15, -0.1) is 10.2 Å². The van der Waals surface area contributed by atoms with Crippen LogP contribution in [-0.2, 0) is 24.4 Å². The molecule has 2 heterocycles. The standard InChI is InChI=1S/C21H30N4O2/c1-14(2)16-5-3-4-15(8-16)11-22-12-18-9-17(10-19(18)26)21-24-23-20-13-27-7-6-25(20)21/h3-5,8,14,17-19,22,26H,6-7,9-13H2,1-2H3/t17-,18+,19+/m1/s1. The molecule has 1 saturated carbocycles. The number of nitrogens with one attached hydrogen (secondary N) is 1. The second-order valence-electron chi connectivity index (χ2n) is 8.21. The molecule has 0 spiro atoms. The number of hydrogen-bond donors (Lipinski definition) is 2. The first-order valence-electron chi connectivity index (χ1n) is 10.1. The molecule has 1 fully saturated rings. The number of aliphatic hydroxyl groups is 1. The Kier molecular flexibility index (Phi) is 5.57. The van der Waals surface area contributed by atoms with Crippen LogP contribution < -0.4 is 5.32 Å². The number of rotatable bonds is 6. The molecular weight excluding hydrogens is 340 g/mol. The molecule has 1 aliphatic heterocycles. The summed E-state index contributed by atoms with van der Waals surface area (Å²) in [7, 11) is 0. The fourth-order valence-electron chi connectivity index (χ4n) is 4.32. The Labute approximate surface area is 161 Å². The molecular formula is C21H30N4O2. The molecule has 4 rings (SSSR count). The van der Waals surface area contributed by atoms with Crippen LogP contribution in [0.3, 0.4) is 0 Å². The van der Waals surface area contributed by atoms with Crippen LogP contribution in [0.1, 0.15) is 61.3 Å². The first kappa shape index (κ1) is 18.6. The van der Waals surface area contributed by atoms with Crippen molar-refractivity contribution >= 4 is 0 Å². The number of aromatic nitrogens is 3. The fourth-order valence-corrected chi connectivity index (χ4v) is 4.32. The smallest absolute Gasteiger partial charge is 0.159 e. The van der Waals surface area contributed by atoms with Gasteiger partial charge in [0.25, 0.3) is 0 Å². The molecule has 1 aliphatic carbocycles. The van der Waals surface area contributed by atoms with E-state index in [4.69, 9.17) is 4.74 Å². The zero-order valence-electron chi connectivity index (χ0n) is 16.3. The van der Waals surface area contributed by atoms with E-state index in [1.807, 2.05) is 0 Å². The Bertz CT molecular complexity index is 773. The predicted octanol–water partition coefficient (Wildman–Crippen LogP) is 2.58. The lowest BCUT2D eigenvalue weighted by Crippen LogP contribution is -2.27. The monoisotopic (exact) mass is 370 g/mol. The maximum absolute atomic E-state index is 10.6. The van der Waals surface area contributed by atoms with Gasteiger partial charge in [-0.3, -0.25) is 0 Å². The quantitative estimate of drug-likeness (QED) is 0.818. The molecule has 3 atom stereocenters. The molecule has 1 aromatic carbocycles. The van der Waals surface area contributed by atoms with Gasteiger partial charge in [0, 0.05) is 25.6 Å². The minimum Gasteiger partial charge on any atom is -0.393 e. The summed E-state index contributed by atoms with van der Waals surface area (Å²) >= 11 is 0. The maximum atomic E-state index is 10.6. The van der Waals surface area contributed by atoms with Gasteiger partial charge in [0.15, 0.2) is 5.82 Å². The Hall–Kier alpha value is -1.76. The van der Waals surface area contributed by atoms with Crippen molar-refractivity contribution in [1.29, 1.82) is 0 Å². The van der Waals surface area contributed by atoms with Gasteiger partial charge in [-0.1, -0.05) is 38.1 Å². The summed E-state index contributed by atoms with van der Waals surface area (Å²) in [6.45, 7) is 8.18. The van der Waals surface area contributed by atoms with Gasteiger partial charge in [-0.05, 0) is 35.8 Å². The zero-order valence-corrected chi connectivity index (χ0v) is 16.3. The molecule has 0 unspecified atom stereocenters. The third kappa shape index (κ3) is 4.08. The summed E-state index contributed by atoms with van der Waals surface area (Å²) < 4.78 is 7.64. The highest BCUT2D eigenvalue weighted by molar-refractivity contribution is 5.25. The molecule has 6 heteroatoms. The van der Waals surface area contributed by atoms with Gasteiger partial charge < -0.3 is 19.7 Å². The van der Waals surface area contributed by atoms with Crippen LogP contribution in [0.2, 0.25) is 0 Å². The molecule has 0 saturated heterocycles. The van der Waals surface area contributed by atoms with E-state index < -0.39 is 0 Å². The Morgan fingerprint density at radius 3 is 3.04 bits per heavy atom. The van der Waals surface area contributed by atoms with Crippen LogP contribution in [-0.4, -0.2) is 39.1 Å². The summed E-state index contributed by atoms with van der Waals surface area (Å²) in [4.78, 5) is 0. The summed E-state index contributed by atoms with van der Waals surface area (Å²) in [5, 5.41) is 22.8. The van der Waals surface area contributed by atoms with Gasteiger partial charge in [0.1, 0.15) is 12.4 Å². The van der Waals surface area contributed by atoms with Crippen LogP contribution in [0.5, 0.6) is 0 Å². The average molecular weight is 370 g/mol. The van der Waals surface area contributed by atoms with Gasteiger partial charge in [-0.2, -0.15) is 0 Å². The number of aliphatic hydroxyl groups excluding tert-OH is 1. The Balaban J connectivity index is 1.33. The minimum atomic E-state index is -0.280. The zero-order chi connectivity index (χ0) is 18.8. The second kappa shape index (κ2) is 8.09. The number of fused-ring (bicyclic) bond motifs is 1. The fraction of sp³-hybridized carbons (Fsp3) is 0.619. The third-order valence-corrected chi connectivity index (χ3v) is 5.92. The van der Waals surface area contributed by atoms with E-state index in [1.54, 1.807) is 0 Å². The van der Waals surface area contributed by atoms with E-state index >= 15 is 0 Å².